The first-order valence-corrected chi connectivity index (χ1v) is 5.72. The van der Waals surface area contributed by atoms with E-state index in [0.717, 1.165) is 6.54 Å². The van der Waals surface area contributed by atoms with Crippen LogP contribution >= 0.6 is 0 Å². The number of nitrogens with one attached hydrogen (secondary N) is 1. The zero-order valence-corrected chi connectivity index (χ0v) is 10.3. The lowest BCUT2D eigenvalue weighted by molar-refractivity contribution is -0.0752. The van der Waals surface area contributed by atoms with E-state index in [1.165, 1.54) is 19.3 Å². The van der Waals surface area contributed by atoms with E-state index in [1.54, 1.807) is 0 Å². The molecular formula is C12H25NO. The maximum absolute atomic E-state index is 6.06. The van der Waals surface area contributed by atoms with Gasteiger partial charge >= 0.3 is 0 Å². The van der Waals surface area contributed by atoms with Crippen molar-refractivity contribution < 1.29 is 4.74 Å². The van der Waals surface area contributed by atoms with Gasteiger partial charge in [-0.3, -0.25) is 0 Å². The van der Waals surface area contributed by atoms with Gasteiger partial charge in [0.05, 0.1) is 11.2 Å². The van der Waals surface area contributed by atoms with Crippen molar-refractivity contribution in [2.75, 3.05) is 13.6 Å². The Balaban J connectivity index is 2.44. The first-order valence-electron chi connectivity index (χ1n) is 5.72. The minimum atomic E-state index is 0.0667. The molecule has 1 aliphatic heterocycles. The molecule has 0 aromatic rings. The number of hydrogen-bond donors (Lipinski definition) is 1. The second-order valence-corrected chi connectivity index (χ2v) is 5.61. The number of ether oxygens (including phenoxy) is 1. The Morgan fingerprint density at radius 3 is 2.36 bits per heavy atom. The van der Waals surface area contributed by atoms with Gasteiger partial charge in [0, 0.05) is 0 Å². The van der Waals surface area contributed by atoms with Gasteiger partial charge in [-0.05, 0) is 66.5 Å². The normalized spacial score (nSPS) is 29.4. The quantitative estimate of drug-likeness (QED) is 0.703. The number of hydrogen-bond acceptors (Lipinski definition) is 2. The smallest absolute Gasteiger partial charge is 0.0662 e. The van der Waals surface area contributed by atoms with Crippen molar-refractivity contribution in [2.24, 2.45) is 5.92 Å². The predicted octanol–water partition coefficient (Wildman–Crippen LogP) is 2.58. The molecule has 1 aliphatic rings. The molecule has 1 fully saturated rings. The molecule has 1 heterocycles. The molecule has 0 aromatic heterocycles. The van der Waals surface area contributed by atoms with Crippen LogP contribution in [-0.2, 0) is 4.74 Å². The summed E-state index contributed by atoms with van der Waals surface area (Å²) in [5, 5.41) is 3.20. The highest BCUT2D eigenvalue weighted by atomic mass is 16.5. The van der Waals surface area contributed by atoms with Crippen molar-refractivity contribution in [3.8, 4) is 0 Å². The maximum Gasteiger partial charge on any atom is 0.0662 e. The second kappa shape index (κ2) is 4.19. The predicted molar refractivity (Wildman–Crippen MR) is 60.5 cm³/mol. The van der Waals surface area contributed by atoms with Gasteiger partial charge < -0.3 is 10.1 Å². The third-order valence-electron chi connectivity index (χ3n) is 3.24. The fourth-order valence-electron chi connectivity index (χ4n) is 2.65. The van der Waals surface area contributed by atoms with Crippen molar-refractivity contribution in [3.05, 3.63) is 0 Å². The highest BCUT2D eigenvalue weighted by Crippen LogP contribution is 2.43. The Kier molecular flexibility index (Phi) is 3.59. The summed E-state index contributed by atoms with van der Waals surface area (Å²) in [7, 11) is 2.01. The van der Waals surface area contributed by atoms with Gasteiger partial charge in [-0.2, -0.15) is 0 Å². The van der Waals surface area contributed by atoms with Crippen LogP contribution in [0, 0.1) is 5.92 Å². The van der Waals surface area contributed by atoms with E-state index in [1.807, 2.05) is 7.05 Å². The monoisotopic (exact) mass is 199 g/mol. The summed E-state index contributed by atoms with van der Waals surface area (Å²) in [4.78, 5) is 0. The lowest BCUT2D eigenvalue weighted by atomic mass is 9.84. The van der Waals surface area contributed by atoms with Crippen LogP contribution in [0.1, 0.15) is 47.0 Å². The van der Waals surface area contributed by atoms with Gasteiger partial charge in [-0.15, -0.1) is 0 Å². The first-order chi connectivity index (χ1) is 6.37. The molecule has 0 amide bonds. The van der Waals surface area contributed by atoms with Gasteiger partial charge in [-0.25, -0.2) is 0 Å². The molecule has 2 nitrogen and oxygen atoms in total. The topological polar surface area (TPSA) is 21.3 Å². The summed E-state index contributed by atoms with van der Waals surface area (Å²) in [6, 6.07) is 0. The second-order valence-electron chi connectivity index (χ2n) is 5.61. The summed E-state index contributed by atoms with van der Waals surface area (Å²) in [5.41, 5.74) is 0.144. The molecule has 0 saturated carbocycles. The Morgan fingerprint density at radius 2 is 1.93 bits per heavy atom. The molecule has 1 N–H and O–H groups in total. The molecule has 0 aliphatic carbocycles. The van der Waals surface area contributed by atoms with E-state index in [0.29, 0.717) is 5.92 Å². The summed E-state index contributed by atoms with van der Waals surface area (Å²) in [6.45, 7) is 9.98. The zero-order chi connectivity index (χ0) is 10.8. The summed E-state index contributed by atoms with van der Waals surface area (Å²) in [6.07, 6.45) is 3.73. The van der Waals surface area contributed by atoms with Gasteiger partial charge in [-0.1, -0.05) is 0 Å². The van der Waals surface area contributed by atoms with Gasteiger partial charge in [0.1, 0.15) is 0 Å². The zero-order valence-electron chi connectivity index (χ0n) is 10.3. The van der Waals surface area contributed by atoms with Gasteiger partial charge in [0.2, 0.25) is 0 Å². The molecule has 1 rings (SSSR count). The fraction of sp³-hybridized carbons (Fsp3) is 1.00. The van der Waals surface area contributed by atoms with Crippen LogP contribution in [0.5, 0.6) is 0 Å². The van der Waals surface area contributed by atoms with Crippen LogP contribution in [-0.4, -0.2) is 24.8 Å². The van der Waals surface area contributed by atoms with Crippen LogP contribution < -0.4 is 5.32 Å². The van der Waals surface area contributed by atoms with Crippen LogP contribution in [0.4, 0.5) is 0 Å². The molecule has 2 heteroatoms. The van der Waals surface area contributed by atoms with Crippen molar-refractivity contribution in [1.29, 1.82) is 0 Å². The first kappa shape index (κ1) is 12.0. The highest BCUT2D eigenvalue weighted by molar-refractivity contribution is 4.93. The van der Waals surface area contributed by atoms with Crippen molar-refractivity contribution in [3.63, 3.8) is 0 Å². The standard InChI is InChI=1S/C12H25NO/c1-11(2)9-10(7-6-8-13-5)12(3,4)14-11/h10,13H,6-9H2,1-5H3. The van der Waals surface area contributed by atoms with Crippen LogP contribution in [0.25, 0.3) is 0 Å². The third kappa shape index (κ3) is 2.96. The Hall–Kier alpha value is -0.0800. The van der Waals surface area contributed by atoms with E-state index in [-0.39, 0.29) is 11.2 Å². The minimum absolute atomic E-state index is 0.0667. The van der Waals surface area contributed by atoms with Gasteiger partial charge in [0.15, 0.2) is 0 Å². The summed E-state index contributed by atoms with van der Waals surface area (Å²) >= 11 is 0. The Labute approximate surface area is 88.4 Å². The molecule has 14 heavy (non-hydrogen) atoms. The molecule has 0 radical (unpaired) electrons. The SMILES string of the molecule is CNCCCC1CC(C)(C)OC1(C)C. The van der Waals surface area contributed by atoms with Crippen LogP contribution in [0.15, 0.2) is 0 Å². The van der Waals surface area contributed by atoms with Crippen LogP contribution in [0.3, 0.4) is 0 Å². The molecule has 1 unspecified atom stereocenters. The summed E-state index contributed by atoms with van der Waals surface area (Å²) in [5.74, 6) is 0.714. The molecule has 0 aromatic carbocycles. The van der Waals surface area contributed by atoms with Gasteiger partial charge in [0.25, 0.3) is 0 Å². The average molecular weight is 199 g/mol. The van der Waals surface area contributed by atoms with Crippen molar-refractivity contribution in [1.82, 2.24) is 5.32 Å². The molecule has 0 spiro atoms. The van der Waals surface area contributed by atoms with Crippen molar-refractivity contribution in [2.45, 2.75) is 58.2 Å². The minimum Gasteiger partial charge on any atom is -0.369 e. The summed E-state index contributed by atoms with van der Waals surface area (Å²) < 4.78 is 6.06. The number of rotatable bonds is 4. The molecule has 84 valence electrons. The molecule has 0 bridgehead atoms. The largest absolute Gasteiger partial charge is 0.369 e. The lowest BCUT2D eigenvalue weighted by Gasteiger charge is -2.27. The van der Waals surface area contributed by atoms with Crippen molar-refractivity contribution >= 4 is 0 Å². The fourth-order valence-corrected chi connectivity index (χ4v) is 2.65. The van der Waals surface area contributed by atoms with E-state index in [4.69, 9.17) is 4.74 Å². The maximum atomic E-state index is 6.06. The Morgan fingerprint density at radius 1 is 1.29 bits per heavy atom. The highest BCUT2D eigenvalue weighted by Gasteiger charge is 2.44. The molecule has 1 saturated heterocycles. The third-order valence-corrected chi connectivity index (χ3v) is 3.24. The van der Waals surface area contributed by atoms with E-state index in [2.05, 4.69) is 33.0 Å². The van der Waals surface area contributed by atoms with Crippen LogP contribution in [0.2, 0.25) is 0 Å². The Bertz CT molecular complexity index is 187. The molecular weight excluding hydrogens is 174 g/mol. The average Bonchev–Trinajstić information content (AvgIpc) is 2.20. The van der Waals surface area contributed by atoms with E-state index >= 15 is 0 Å². The van der Waals surface area contributed by atoms with E-state index < -0.39 is 0 Å². The molecule has 1 atom stereocenters. The van der Waals surface area contributed by atoms with E-state index in [9.17, 15) is 0 Å². The lowest BCUT2D eigenvalue weighted by Crippen LogP contribution is -2.29.